The van der Waals surface area contributed by atoms with Gasteiger partial charge in [0.2, 0.25) is 0 Å². The van der Waals surface area contributed by atoms with Gasteiger partial charge in [-0.3, -0.25) is 4.79 Å². The fourth-order valence-electron chi connectivity index (χ4n) is 1.63. The van der Waals surface area contributed by atoms with Crippen molar-refractivity contribution in [2.75, 3.05) is 0 Å². The van der Waals surface area contributed by atoms with Gasteiger partial charge in [0.05, 0.1) is 0 Å². The van der Waals surface area contributed by atoms with Crippen molar-refractivity contribution < 1.29 is 9.53 Å². The van der Waals surface area contributed by atoms with Crippen molar-refractivity contribution in [2.45, 2.75) is 39.7 Å². The molecular weight excluding hydrogens is 140 g/mol. The first-order chi connectivity index (χ1) is 5.11. The van der Waals surface area contributed by atoms with E-state index in [1.54, 1.807) is 0 Å². The van der Waals surface area contributed by atoms with Crippen LogP contribution in [-0.4, -0.2) is 12.1 Å². The first-order valence-corrected chi connectivity index (χ1v) is 4.30. The molecule has 0 radical (unpaired) electrons. The molecule has 2 heteroatoms. The topological polar surface area (TPSA) is 26.3 Å². The number of cyclic esters (lactones) is 1. The lowest BCUT2D eigenvalue weighted by Crippen LogP contribution is -2.34. The number of hydrogen-bond donors (Lipinski definition) is 0. The van der Waals surface area contributed by atoms with Crippen molar-refractivity contribution in [3.05, 3.63) is 0 Å². The number of esters is 1. The van der Waals surface area contributed by atoms with E-state index in [0.717, 1.165) is 6.42 Å². The molecule has 1 aliphatic rings. The van der Waals surface area contributed by atoms with Crippen molar-refractivity contribution >= 4 is 5.97 Å². The number of carbonyl (C=O) groups is 1. The van der Waals surface area contributed by atoms with Crippen LogP contribution in [-0.2, 0) is 9.53 Å². The minimum atomic E-state index is -0.0261. The average molecular weight is 156 g/mol. The number of carbonyl (C=O) groups excluding carboxylic acids is 1. The van der Waals surface area contributed by atoms with Gasteiger partial charge in [-0.2, -0.15) is 0 Å². The molecule has 0 spiro atoms. The summed E-state index contributed by atoms with van der Waals surface area (Å²) < 4.78 is 5.22. The molecular formula is C9H16O2. The normalized spacial score (nSPS) is 32.2. The lowest BCUT2D eigenvalue weighted by Gasteiger charge is -2.31. The van der Waals surface area contributed by atoms with Gasteiger partial charge in [-0.25, -0.2) is 0 Å². The average Bonchev–Trinajstić information content (AvgIpc) is 1.94. The first kappa shape index (κ1) is 8.57. The second kappa shape index (κ2) is 3.24. The Morgan fingerprint density at radius 3 is 2.64 bits per heavy atom. The Kier molecular flexibility index (Phi) is 2.53. The Morgan fingerprint density at radius 1 is 1.55 bits per heavy atom. The summed E-state index contributed by atoms with van der Waals surface area (Å²) in [4.78, 5) is 10.9. The summed E-state index contributed by atoms with van der Waals surface area (Å²) in [5.41, 5.74) is 0. The van der Waals surface area contributed by atoms with Crippen LogP contribution in [0.25, 0.3) is 0 Å². The maximum atomic E-state index is 10.9. The van der Waals surface area contributed by atoms with Crippen LogP contribution in [0.4, 0.5) is 0 Å². The Labute approximate surface area is 67.9 Å². The number of rotatable bonds is 1. The zero-order valence-electron chi connectivity index (χ0n) is 7.46. The Morgan fingerprint density at radius 2 is 2.18 bits per heavy atom. The molecule has 0 aliphatic carbocycles. The van der Waals surface area contributed by atoms with Gasteiger partial charge in [0, 0.05) is 6.42 Å². The van der Waals surface area contributed by atoms with Crippen LogP contribution in [0.5, 0.6) is 0 Å². The highest BCUT2D eigenvalue weighted by Crippen LogP contribution is 2.25. The molecule has 0 aromatic heterocycles. The quantitative estimate of drug-likeness (QED) is 0.543. The van der Waals surface area contributed by atoms with E-state index >= 15 is 0 Å². The van der Waals surface area contributed by atoms with Crippen LogP contribution in [0.1, 0.15) is 33.6 Å². The highest BCUT2D eigenvalue weighted by atomic mass is 16.5. The standard InChI is InChI=1S/C9H16O2/c1-6(2)9-7(3)4-5-8(10)11-9/h6-7,9H,4-5H2,1-3H3/t7-,9+/m0/s1. The van der Waals surface area contributed by atoms with Gasteiger partial charge >= 0.3 is 5.97 Å². The minimum Gasteiger partial charge on any atom is -0.462 e. The molecule has 1 heterocycles. The van der Waals surface area contributed by atoms with Gasteiger partial charge in [0.1, 0.15) is 6.10 Å². The molecule has 1 fully saturated rings. The third-order valence-electron chi connectivity index (χ3n) is 2.29. The summed E-state index contributed by atoms with van der Waals surface area (Å²) in [6.07, 6.45) is 1.74. The molecule has 1 rings (SSSR count). The van der Waals surface area contributed by atoms with Gasteiger partial charge < -0.3 is 4.74 Å². The molecule has 0 aromatic rings. The summed E-state index contributed by atoms with van der Waals surface area (Å²) >= 11 is 0. The van der Waals surface area contributed by atoms with Crippen LogP contribution in [0.15, 0.2) is 0 Å². The lowest BCUT2D eigenvalue weighted by molar-refractivity contribution is -0.161. The molecule has 0 amide bonds. The van der Waals surface area contributed by atoms with Crippen molar-refractivity contribution in [2.24, 2.45) is 11.8 Å². The fourth-order valence-corrected chi connectivity index (χ4v) is 1.63. The highest BCUT2D eigenvalue weighted by molar-refractivity contribution is 5.70. The van der Waals surface area contributed by atoms with Gasteiger partial charge in [-0.1, -0.05) is 20.8 Å². The van der Waals surface area contributed by atoms with E-state index in [4.69, 9.17) is 4.74 Å². The molecule has 0 bridgehead atoms. The van der Waals surface area contributed by atoms with Gasteiger partial charge in [0.25, 0.3) is 0 Å². The van der Waals surface area contributed by atoms with Crippen LogP contribution in [0, 0.1) is 11.8 Å². The van der Waals surface area contributed by atoms with Crippen LogP contribution >= 0.6 is 0 Å². The van der Waals surface area contributed by atoms with E-state index in [1.165, 1.54) is 0 Å². The number of ether oxygens (including phenoxy) is 1. The maximum absolute atomic E-state index is 10.9. The minimum absolute atomic E-state index is 0.0261. The maximum Gasteiger partial charge on any atom is 0.306 e. The van der Waals surface area contributed by atoms with E-state index in [-0.39, 0.29) is 12.1 Å². The SMILES string of the molecule is CC(C)[C@H]1OC(=O)CC[C@@H]1C. The predicted octanol–water partition coefficient (Wildman–Crippen LogP) is 1.98. The molecule has 1 aliphatic heterocycles. The van der Waals surface area contributed by atoms with Crippen molar-refractivity contribution in [3.8, 4) is 0 Å². The molecule has 2 atom stereocenters. The van der Waals surface area contributed by atoms with E-state index in [0.29, 0.717) is 18.3 Å². The third kappa shape index (κ3) is 1.95. The molecule has 0 unspecified atom stereocenters. The lowest BCUT2D eigenvalue weighted by atomic mass is 9.89. The second-order valence-electron chi connectivity index (χ2n) is 3.71. The zero-order chi connectivity index (χ0) is 8.43. The van der Waals surface area contributed by atoms with Gasteiger partial charge in [-0.05, 0) is 18.3 Å². The van der Waals surface area contributed by atoms with Crippen LogP contribution in [0.2, 0.25) is 0 Å². The van der Waals surface area contributed by atoms with E-state index in [1.807, 2.05) is 0 Å². The van der Waals surface area contributed by atoms with E-state index in [9.17, 15) is 4.79 Å². The largest absolute Gasteiger partial charge is 0.462 e. The molecule has 0 N–H and O–H groups in total. The molecule has 11 heavy (non-hydrogen) atoms. The van der Waals surface area contributed by atoms with E-state index in [2.05, 4.69) is 20.8 Å². The summed E-state index contributed by atoms with van der Waals surface area (Å²) in [6, 6.07) is 0. The Hall–Kier alpha value is -0.530. The van der Waals surface area contributed by atoms with Crippen molar-refractivity contribution in [1.29, 1.82) is 0 Å². The second-order valence-corrected chi connectivity index (χ2v) is 3.71. The summed E-state index contributed by atoms with van der Waals surface area (Å²) in [5.74, 6) is 0.962. The summed E-state index contributed by atoms with van der Waals surface area (Å²) in [6.45, 7) is 6.34. The fraction of sp³-hybridized carbons (Fsp3) is 0.889. The van der Waals surface area contributed by atoms with Crippen molar-refractivity contribution in [3.63, 3.8) is 0 Å². The molecule has 64 valence electrons. The highest BCUT2D eigenvalue weighted by Gasteiger charge is 2.29. The molecule has 1 saturated heterocycles. The van der Waals surface area contributed by atoms with Crippen LogP contribution < -0.4 is 0 Å². The monoisotopic (exact) mass is 156 g/mol. The summed E-state index contributed by atoms with van der Waals surface area (Å²) in [7, 11) is 0. The Balaban J connectivity index is 2.54. The van der Waals surface area contributed by atoms with Crippen molar-refractivity contribution in [1.82, 2.24) is 0 Å². The summed E-state index contributed by atoms with van der Waals surface area (Å²) in [5, 5.41) is 0. The zero-order valence-corrected chi connectivity index (χ0v) is 7.46. The third-order valence-corrected chi connectivity index (χ3v) is 2.29. The smallest absolute Gasteiger partial charge is 0.306 e. The van der Waals surface area contributed by atoms with Gasteiger partial charge in [0.15, 0.2) is 0 Å². The van der Waals surface area contributed by atoms with E-state index < -0.39 is 0 Å². The molecule has 0 saturated carbocycles. The van der Waals surface area contributed by atoms with Crippen LogP contribution in [0.3, 0.4) is 0 Å². The predicted molar refractivity (Wildman–Crippen MR) is 43.1 cm³/mol. The van der Waals surface area contributed by atoms with Gasteiger partial charge in [-0.15, -0.1) is 0 Å². The molecule has 0 aromatic carbocycles. The molecule has 2 nitrogen and oxygen atoms in total. The first-order valence-electron chi connectivity index (χ1n) is 4.30. The number of hydrogen-bond acceptors (Lipinski definition) is 2. The Bertz CT molecular complexity index is 152.